The minimum Gasteiger partial charge on any atom is -0.491 e. The van der Waals surface area contributed by atoms with Gasteiger partial charge in [-0.2, -0.15) is 26.3 Å². The smallest absolute Gasteiger partial charge is 0.416 e. The number of anilines is 2. The molecule has 10 nitrogen and oxygen atoms in total. The van der Waals surface area contributed by atoms with E-state index < -0.39 is 58.7 Å². The number of alkyl halides is 6. The SMILES string of the molecule is COC1=C(Br)C(=O)N(c2cc(C(F)(F)F)ccn2)C1=O.COC1=CC(=O)N(c2cc(C(F)(F)F)ccn2)C1=O. The highest BCUT2D eigenvalue weighted by molar-refractivity contribution is 9.12. The number of methoxy groups -OCH3 is 2. The van der Waals surface area contributed by atoms with Gasteiger partial charge in [0.2, 0.25) is 5.76 Å². The zero-order valence-electron chi connectivity index (χ0n) is 19.4. The fraction of sp³-hybridized carbons (Fsp3) is 0.182. The molecule has 0 aromatic carbocycles. The van der Waals surface area contributed by atoms with Crippen molar-refractivity contribution in [3.8, 4) is 0 Å². The van der Waals surface area contributed by atoms with Gasteiger partial charge in [-0.1, -0.05) is 0 Å². The average molecular weight is 623 g/mol. The van der Waals surface area contributed by atoms with Crippen molar-refractivity contribution in [3.63, 3.8) is 0 Å². The summed E-state index contributed by atoms with van der Waals surface area (Å²) in [5, 5.41) is 0. The lowest BCUT2D eigenvalue weighted by Gasteiger charge is -2.15. The molecule has 2 aromatic heterocycles. The Bertz CT molecular complexity index is 1420. The summed E-state index contributed by atoms with van der Waals surface area (Å²) in [6, 6.07) is 2.74. The van der Waals surface area contributed by atoms with Crippen LogP contribution in [0.2, 0.25) is 0 Å². The van der Waals surface area contributed by atoms with E-state index in [0.29, 0.717) is 21.9 Å². The van der Waals surface area contributed by atoms with Crippen molar-refractivity contribution < 1.29 is 55.0 Å². The van der Waals surface area contributed by atoms with Crippen molar-refractivity contribution in [2.45, 2.75) is 12.4 Å². The first kappa shape index (κ1) is 29.3. The predicted molar refractivity (Wildman–Crippen MR) is 122 cm³/mol. The third kappa shape index (κ3) is 5.92. The molecule has 17 heteroatoms. The summed E-state index contributed by atoms with van der Waals surface area (Å²) in [6.45, 7) is 0. The van der Waals surface area contributed by atoms with Gasteiger partial charge < -0.3 is 9.47 Å². The molecule has 0 unspecified atom stereocenters. The van der Waals surface area contributed by atoms with E-state index in [1.54, 1.807) is 0 Å². The van der Waals surface area contributed by atoms with Crippen LogP contribution in [0.3, 0.4) is 0 Å². The average Bonchev–Trinajstić information content (AvgIpc) is 3.28. The predicted octanol–water partition coefficient (Wildman–Crippen LogP) is 3.73. The number of halogens is 7. The van der Waals surface area contributed by atoms with Gasteiger partial charge in [0.25, 0.3) is 11.8 Å². The number of hydrogen-bond acceptors (Lipinski definition) is 8. The first-order chi connectivity index (χ1) is 18.1. The van der Waals surface area contributed by atoms with Gasteiger partial charge in [-0.25, -0.2) is 19.8 Å². The first-order valence-corrected chi connectivity index (χ1v) is 10.9. The summed E-state index contributed by atoms with van der Waals surface area (Å²) < 4.78 is 84.6. The number of ether oxygens (including phenoxy) is 2. The quantitative estimate of drug-likeness (QED) is 0.374. The van der Waals surface area contributed by atoms with Crippen LogP contribution in [0.1, 0.15) is 11.1 Å². The lowest BCUT2D eigenvalue weighted by atomic mass is 10.2. The van der Waals surface area contributed by atoms with Crippen LogP contribution in [0.5, 0.6) is 0 Å². The number of nitrogens with zero attached hydrogens (tertiary/aromatic N) is 4. The molecular weight excluding hydrogens is 610 g/mol. The molecule has 39 heavy (non-hydrogen) atoms. The standard InChI is InChI=1S/C11H6BrF3N2O3.C11H7F3N2O3/c1-20-8-7(12)9(18)17(10(8)19)6-4-5(2-3-16-6)11(13,14)15;1-19-7-5-9(17)16(10(7)18)8-4-6(2-3-15-8)11(12,13)14/h2-4H,1H3;2-5H,1H3. The number of amides is 4. The summed E-state index contributed by atoms with van der Waals surface area (Å²) in [4.78, 5) is 55.2. The van der Waals surface area contributed by atoms with Gasteiger partial charge in [0.05, 0.1) is 31.4 Å². The van der Waals surface area contributed by atoms with Gasteiger partial charge in [-0.05, 0) is 40.2 Å². The normalized spacial score (nSPS) is 16.0. The van der Waals surface area contributed by atoms with Gasteiger partial charge in [0.15, 0.2) is 5.76 Å². The molecule has 2 aliphatic rings. The van der Waals surface area contributed by atoms with Crippen molar-refractivity contribution in [2.24, 2.45) is 0 Å². The van der Waals surface area contributed by atoms with E-state index in [-0.39, 0.29) is 16.0 Å². The molecule has 0 bridgehead atoms. The van der Waals surface area contributed by atoms with Crippen LogP contribution < -0.4 is 9.80 Å². The highest BCUT2D eigenvalue weighted by Gasteiger charge is 2.41. The zero-order chi connectivity index (χ0) is 29.3. The highest BCUT2D eigenvalue weighted by Crippen LogP contribution is 2.34. The van der Waals surface area contributed by atoms with E-state index in [2.05, 4.69) is 30.6 Å². The van der Waals surface area contributed by atoms with E-state index in [0.717, 1.165) is 30.6 Å². The highest BCUT2D eigenvalue weighted by atomic mass is 79.9. The Balaban J connectivity index is 0.000000216. The molecular formula is C22H13BrF6N4O6. The van der Waals surface area contributed by atoms with Gasteiger partial charge >= 0.3 is 24.2 Å². The molecule has 0 radical (unpaired) electrons. The Morgan fingerprint density at radius 2 is 1.23 bits per heavy atom. The molecule has 0 fully saturated rings. The molecule has 0 saturated carbocycles. The molecule has 206 valence electrons. The van der Waals surface area contributed by atoms with Crippen molar-refractivity contribution in [1.82, 2.24) is 9.97 Å². The van der Waals surface area contributed by atoms with Gasteiger partial charge in [-0.3, -0.25) is 19.2 Å². The molecule has 4 amide bonds. The maximum atomic E-state index is 12.6. The summed E-state index contributed by atoms with van der Waals surface area (Å²) in [7, 11) is 2.35. The van der Waals surface area contributed by atoms with Gasteiger partial charge in [0, 0.05) is 12.4 Å². The summed E-state index contributed by atoms with van der Waals surface area (Å²) in [5.41, 5.74) is -2.01. The van der Waals surface area contributed by atoms with Crippen LogP contribution in [-0.4, -0.2) is 47.8 Å². The van der Waals surface area contributed by atoms with Crippen LogP contribution in [-0.2, 0) is 41.0 Å². The Labute approximate surface area is 222 Å². The van der Waals surface area contributed by atoms with Gasteiger partial charge in [0.1, 0.15) is 16.1 Å². The number of pyridine rings is 2. The molecule has 0 atom stereocenters. The fourth-order valence-electron chi connectivity index (χ4n) is 3.11. The molecule has 0 aliphatic carbocycles. The Morgan fingerprint density at radius 3 is 1.62 bits per heavy atom. The second-order valence-corrected chi connectivity index (χ2v) is 8.08. The van der Waals surface area contributed by atoms with Crippen molar-refractivity contribution >= 4 is 51.2 Å². The van der Waals surface area contributed by atoms with Crippen molar-refractivity contribution in [1.29, 1.82) is 0 Å². The van der Waals surface area contributed by atoms with Crippen LogP contribution in [0.4, 0.5) is 38.0 Å². The molecule has 0 saturated heterocycles. The number of carbonyl (C=O) groups is 4. The van der Waals surface area contributed by atoms with E-state index in [4.69, 9.17) is 4.74 Å². The summed E-state index contributed by atoms with van der Waals surface area (Å²) >= 11 is 2.86. The van der Waals surface area contributed by atoms with Crippen molar-refractivity contribution in [2.75, 3.05) is 24.0 Å². The Hall–Kier alpha value is -4.28. The second-order valence-electron chi connectivity index (χ2n) is 7.29. The van der Waals surface area contributed by atoms with Crippen molar-refractivity contribution in [3.05, 3.63) is 69.9 Å². The molecule has 4 heterocycles. The minimum atomic E-state index is -4.60. The van der Waals surface area contributed by atoms with E-state index in [1.165, 1.54) is 14.2 Å². The van der Waals surface area contributed by atoms with E-state index in [1.807, 2.05) is 0 Å². The fourth-order valence-corrected chi connectivity index (χ4v) is 3.62. The topological polar surface area (TPSA) is 119 Å². The largest absolute Gasteiger partial charge is 0.491 e. The van der Waals surface area contributed by atoms with E-state index in [9.17, 15) is 45.5 Å². The van der Waals surface area contributed by atoms with Crippen LogP contribution in [0.15, 0.2) is 58.7 Å². The maximum Gasteiger partial charge on any atom is 0.416 e. The number of imide groups is 2. The first-order valence-electron chi connectivity index (χ1n) is 10.1. The molecule has 2 aliphatic heterocycles. The lowest BCUT2D eigenvalue weighted by Crippen LogP contribution is -2.32. The molecule has 4 rings (SSSR count). The van der Waals surface area contributed by atoms with Crippen LogP contribution >= 0.6 is 15.9 Å². The molecule has 2 aromatic rings. The van der Waals surface area contributed by atoms with Crippen LogP contribution in [0, 0.1) is 0 Å². The Kier molecular flexibility index (Phi) is 8.13. The molecule has 0 N–H and O–H groups in total. The maximum absolute atomic E-state index is 12.6. The lowest BCUT2D eigenvalue weighted by molar-refractivity contribution is -0.138. The third-order valence-corrected chi connectivity index (χ3v) is 5.60. The number of rotatable bonds is 4. The number of hydrogen-bond donors (Lipinski definition) is 0. The monoisotopic (exact) mass is 622 g/mol. The third-order valence-electron chi connectivity index (χ3n) is 4.90. The van der Waals surface area contributed by atoms with Gasteiger partial charge in [-0.15, -0.1) is 0 Å². The van der Waals surface area contributed by atoms with E-state index >= 15 is 0 Å². The zero-order valence-corrected chi connectivity index (χ0v) is 21.0. The number of aromatic nitrogens is 2. The summed E-state index contributed by atoms with van der Waals surface area (Å²) in [6.07, 6.45) is -6.54. The van der Waals surface area contributed by atoms with Crippen LogP contribution in [0.25, 0.3) is 0 Å². The molecule has 0 spiro atoms. The summed E-state index contributed by atoms with van der Waals surface area (Å²) in [5.74, 6) is -4.70. The second kappa shape index (κ2) is 10.8. The minimum absolute atomic E-state index is 0.163. The number of carbonyl (C=O) groups excluding carboxylic acids is 4. The Morgan fingerprint density at radius 1 is 0.744 bits per heavy atom.